The maximum Gasteiger partial charge on any atom is 0.118 e. The van der Waals surface area contributed by atoms with E-state index in [1.54, 1.807) is 7.11 Å². The predicted octanol–water partition coefficient (Wildman–Crippen LogP) is 3.68. The fraction of sp³-hybridized carbons (Fsp3) is 0.684. The van der Waals surface area contributed by atoms with E-state index < -0.39 is 6.10 Å². The predicted molar refractivity (Wildman–Crippen MR) is 89.0 cm³/mol. The largest absolute Gasteiger partial charge is 0.497 e. The second-order valence-electron chi connectivity index (χ2n) is 7.13. The average Bonchev–Trinajstić information content (AvgIpc) is 3.39. The second-order valence-corrected chi connectivity index (χ2v) is 7.13. The van der Waals surface area contributed by atoms with E-state index in [-0.39, 0.29) is 6.04 Å². The number of nitrogens with one attached hydrogen (secondary N) is 1. The molecule has 0 heterocycles. The molecule has 3 rings (SSSR count). The fourth-order valence-electron chi connectivity index (χ4n) is 3.93. The third-order valence-corrected chi connectivity index (χ3v) is 5.43. The Balaban J connectivity index is 1.54. The molecule has 0 radical (unpaired) electrons. The van der Waals surface area contributed by atoms with Crippen LogP contribution < -0.4 is 10.1 Å². The quantitative estimate of drug-likeness (QED) is 0.842. The molecule has 2 N–H and O–H groups in total. The van der Waals surface area contributed by atoms with E-state index >= 15 is 0 Å². The van der Waals surface area contributed by atoms with E-state index in [0.717, 1.165) is 23.1 Å². The van der Waals surface area contributed by atoms with Crippen LogP contribution in [0.4, 0.5) is 0 Å². The summed E-state index contributed by atoms with van der Waals surface area (Å²) < 4.78 is 5.17. The van der Waals surface area contributed by atoms with Gasteiger partial charge in [0, 0.05) is 12.1 Å². The summed E-state index contributed by atoms with van der Waals surface area (Å²) in [6.07, 6.45) is 7.73. The number of benzene rings is 1. The highest BCUT2D eigenvalue weighted by molar-refractivity contribution is 5.29. The van der Waals surface area contributed by atoms with Crippen LogP contribution in [0.15, 0.2) is 24.3 Å². The minimum Gasteiger partial charge on any atom is -0.497 e. The van der Waals surface area contributed by atoms with Gasteiger partial charge >= 0.3 is 0 Å². The highest BCUT2D eigenvalue weighted by Gasteiger charge is 2.35. The fourth-order valence-corrected chi connectivity index (χ4v) is 3.93. The zero-order valence-corrected chi connectivity index (χ0v) is 13.8. The zero-order chi connectivity index (χ0) is 15.5. The summed E-state index contributed by atoms with van der Waals surface area (Å²) in [6, 6.07) is 8.38. The summed E-state index contributed by atoms with van der Waals surface area (Å²) >= 11 is 0. The van der Waals surface area contributed by atoms with E-state index in [0.29, 0.717) is 6.04 Å². The molecule has 3 nitrogen and oxygen atoms in total. The Hall–Kier alpha value is -1.06. The molecular weight excluding hydrogens is 274 g/mol. The van der Waals surface area contributed by atoms with Crippen molar-refractivity contribution < 1.29 is 9.84 Å². The van der Waals surface area contributed by atoms with Gasteiger partial charge in [0.25, 0.3) is 0 Å². The van der Waals surface area contributed by atoms with Gasteiger partial charge in [-0.3, -0.25) is 0 Å². The maximum atomic E-state index is 10.6. The van der Waals surface area contributed by atoms with Gasteiger partial charge in [-0.2, -0.15) is 0 Å². The number of aliphatic hydroxyl groups is 1. The minimum atomic E-state index is -0.466. The van der Waals surface area contributed by atoms with Crippen molar-refractivity contribution in [1.29, 1.82) is 0 Å². The first-order valence-electron chi connectivity index (χ1n) is 8.75. The van der Waals surface area contributed by atoms with Crippen LogP contribution >= 0.6 is 0 Å². The number of aliphatic hydroxyl groups excluding tert-OH is 1. The number of ether oxygens (including phenoxy) is 1. The van der Waals surface area contributed by atoms with Crippen LogP contribution in [-0.2, 0) is 0 Å². The Labute approximate surface area is 134 Å². The molecule has 1 aromatic rings. The van der Waals surface area contributed by atoms with Gasteiger partial charge < -0.3 is 15.2 Å². The van der Waals surface area contributed by atoms with E-state index in [4.69, 9.17) is 4.74 Å². The van der Waals surface area contributed by atoms with Gasteiger partial charge in [0.2, 0.25) is 0 Å². The van der Waals surface area contributed by atoms with Gasteiger partial charge in [0.1, 0.15) is 5.75 Å². The van der Waals surface area contributed by atoms with E-state index in [9.17, 15) is 5.11 Å². The highest BCUT2D eigenvalue weighted by atomic mass is 16.5. The Bertz CT molecular complexity index is 469. The summed E-state index contributed by atoms with van der Waals surface area (Å²) in [5.41, 5.74) is 0.954. The summed E-state index contributed by atoms with van der Waals surface area (Å²) in [7, 11) is 1.66. The molecule has 0 spiro atoms. The van der Waals surface area contributed by atoms with Gasteiger partial charge in [-0.05, 0) is 62.1 Å². The van der Waals surface area contributed by atoms with Crippen LogP contribution in [0.2, 0.25) is 0 Å². The molecule has 0 bridgehead atoms. The molecule has 2 aliphatic rings. The van der Waals surface area contributed by atoms with Crippen molar-refractivity contribution in [3.05, 3.63) is 29.8 Å². The van der Waals surface area contributed by atoms with E-state index in [1.165, 1.54) is 38.5 Å². The van der Waals surface area contributed by atoms with Crippen molar-refractivity contribution in [3.63, 3.8) is 0 Å². The first-order chi connectivity index (χ1) is 10.7. The van der Waals surface area contributed by atoms with E-state index in [1.807, 2.05) is 24.3 Å². The van der Waals surface area contributed by atoms with Crippen molar-refractivity contribution in [2.45, 2.75) is 63.6 Å². The van der Waals surface area contributed by atoms with Crippen LogP contribution in [0.25, 0.3) is 0 Å². The normalized spacial score (nSPS) is 28.1. The molecule has 0 aromatic heterocycles. The van der Waals surface area contributed by atoms with Crippen LogP contribution in [0.1, 0.15) is 57.1 Å². The molecular formula is C19H29NO2. The molecule has 1 aromatic carbocycles. The first-order valence-corrected chi connectivity index (χ1v) is 8.75. The summed E-state index contributed by atoms with van der Waals surface area (Å²) in [4.78, 5) is 0. The van der Waals surface area contributed by atoms with Crippen molar-refractivity contribution >= 4 is 0 Å². The first kappa shape index (κ1) is 15.8. The molecule has 22 heavy (non-hydrogen) atoms. The minimum absolute atomic E-state index is 0.0800. The van der Waals surface area contributed by atoms with Crippen molar-refractivity contribution in [1.82, 2.24) is 5.32 Å². The number of methoxy groups -OCH3 is 1. The molecule has 0 amide bonds. The van der Waals surface area contributed by atoms with Gasteiger partial charge in [0.05, 0.1) is 13.2 Å². The Morgan fingerprint density at radius 1 is 1.09 bits per heavy atom. The Morgan fingerprint density at radius 2 is 1.82 bits per heavy atom. The second kappa shape index (κ2) is 7.01. The number of hydrogen-bond acceptors (Lipinski definition) is 3. The molecule has 3 heteroatoms. The van der Waals surface area contributed by atoms with Gasteiger partial charge in [-0.25, -0.2) is 0 Å². The molecule has 0 saturated heterocycles. The van der Waals surface area contributed by atoms with Crippen molar-refractivity contribution in [2.24, 2.45) is 11.8 Å². The van der Waals surface area contributed by atoms with Gasteiger partial charge in [-0.15, -0.1) is 0 Å². The highest BCUT2D eigenvalue weighted by Crippen LogP contribution is 2.44. The SMILES string of the molecule is COc1ccc([C@H](O)[C@H](C)N[C@@H]2CCC[C@H](C3CC3)C2)cc1. The molecule has 4 atom stereocenters. The monoisotopic (exact) mass is 303 g/mol. The summed E-state index contributed by atoms with van der Waals surface area (Å²) in [5, 5.41) is 14.2. The Morgan fingerprint density at radius 3 is 2.45 bits per heavy atom. The van der Waals surface area contributed by atoms with Crippen LogP contribution in [0.3, 0.4) is 0 Å². The molecule has 2 aliphatic carbocycles. The third-order valence-electron chi connectivity index (χ3n) is 5.43. The average molecular weight is 303 g/mol. The van der Waals surface area contributed by atoms with Crippen LogP contribution in [-0.4, -0.2) is 24.3 Å². The summed E-state index contributed by atoms with van der Waals surface area (Å²) in [5.74, 6) is 2.76. The molecule has 2 saturated carbocycles. The molecule has 0 unspecified atom stereocenters. The lowest BCUT2D eigenvalue weighted by molar-refractivity contribution is 0.119. The maximum absolute atomic E-state index is 10.6. The lowest BCUT2D eigenvalue weighted by atomic mass is 9.82. The molecule has 0 aliphatic heterocycles. The topological polar surface area (TPSA) is 41.5 Å². The zero-order valence-electron chi connectivity index (χ0n) is 13.8. The standard InChI is InChI=1S/C19H29NO2/c1-13(19(21)15-8-10-18(22-2)11-9-15)20-17-5-3-4-16(12-17)14-6-7-14/h8-11,13-14,16-17,19-21H,3-7,12H2,1-2H3/t13-,16-,17+,19+/m0/s1. The smallest absolute Gasteiger partial charge is 0.118 e. The lowest BCUT2D eigenvalue weighted by Gasteiger charge is -2.33. The van der Waals surface area contributed by atoms with E-state index in [2.05, 4.69) is 12.2 Å². The van der Waals surface area contributed by atoms with Gasteiger partial charge in [-0.1, -0.05) is 25.0 Å². The number of hydrogen-bond donors (Lipinski definition) is 2. The lowest BCUT2D eigenvalue weighted by Crippen LogP contribution is -2.42. The van der Waals surface area contributed by atoms with Crippen molar-refractivity contribution in [2.75, 3.05) is 7.11 Å². The van der Waals surface area contributed by atoms with Crippen LogP contribution in [0.5, 0.6) is 5.75 Å². The van der Waals surface area contributed by atoms with Gasteiger partial charge in [0.15, 0.2) is 0 Å². The third kappa shape index (κ3) is 3.82. The molecule has 122 valence electrons. The number of rotatable bonds is 6. The summed E-state index contributed by atoms with van der Waals surface area (Å²) in [6.45, 7) is 2.09. The molecule has 2 fully saturated rings. The Kier molecular flexibility index (Phi) is 5.04. The van der Waals surface area contributed by atoms with Crippen LogP contribution in [0, 0.1) is 11.8 Å². The van der Waals surface area contributed by atoms with Crippen molar-refractivity contribution in [3.8, 4) is 5.75 Å².